The monoisotopic (exact) mass is 266 g/mol. The van der Waals surface area contributed by atoms with E-state index in [1.807, 2.05) is 31.1 Å². The Balaban J connectivity index is 0. The van der Waals surface area contributed by atoms with Gasteiger partial charge in [-0.15, -0.1) is 24.8 Å². The SMILES string of the molecule is CC(C)Nc1ccc(O)c(N(C)C)c1.Cl.Cl. The van der Waals surface area contributed by atoms with E-state index in [9.17, 15) is 5.11 Å². The lowest BCUT2D eigenvalue weighted by Crippen LogP contribution is -2.12. The average Bonchev–Trinajstić information content (AvgIpc) is 2.07. The fourth-order valence-corrected chi connectivity index (χ4v) is 1.30. The Bertz CT molecular complexity index is 317. The van der Waals surface area contributed by atoms with Crippen LogP contribution in [0.1, 0.15) is 13.8 Å². The number of nitrogens with one attached hydrogen (secondary N) is 1. The minimum atomic E-state index is 0. The summed E-state index contributed by atoms with van der Waals surface area (Å²) in [4.78, 5) is 1.89. The number of nitrogens with zero attached hydrogens (tertiary/aromatic N) is 1. The van der Waals surface area contributed by atoms with Crippen LogP contribution in [0.2, 0.25) is 0 Å². The van der Waals surface area contributed by atoms with E-state index in [0.717, 1.165) is 11.4 Å². The van der Waals surface area contributed by atoms with E-state index >= 15 is 0 Å². The summed E-state index contributed by atoms with van der Waals surface area (Å²) < 4.78 is 0. The fraction of sp³-hybridized carbons (Fsp3) is 0.455. The minimum absolute atomic E-state index is 0. The third kappa shape index (κ3) is 4.81. The van der Waals surface area contributed by atoms with Crippen molar-refractivity contribution in [3.63, 3.8) is 0 Å². The lowest BCUT2D eigenvalue weighted by atomic mass is 10.2. The predicted molar refractivity (Wildman–Crippen MR) is 75.7 cm³/mol. The molecule has 0 radical (unpaired) electrons. The molecule has 0 unspecified atom stereocenters. The molecule has 0 spiro atoms. The van der Waals surface area contributed by atoms with Crippen molar-refractivity contribution in [1.29, 1.82) is 0 Å². The van der Waals surface area contributed by atoms with Gasteiger partial charge in [0, 0.05) is 25.8 Å². The molecule has 2 N–H and O–H groups in total. The highest BCUT2D eigenvalue weighted by atomic mass is 35.5. The van der Waals surface area contributed by atoms with Crippen molar-refractivity contribution in [3.8, 4) is 5.75 Å². The maximum absolute atomic E-state index is 9.57. The van der Waals surface area contributed by atoms with Crippen molar-refractivity contribution < 1.29 is 5.11 Å². The molecule has 0 fully saturated rings. The molecule has 0 aliphatic heterocycles. The van der Waals surface area contributed by atoms with Gasteiger partial charge in [0.15, 0.2) is 0 Å². The number of halogens is 2. The Morgan fingerprint density at radius 3 is 2.19 bits per heavy atom. The van der Waals surface area contributed by atoms with Gasteiger partial charge >= 0.3 is 0 Å². The Morgan fingerprint density at radius 2 is 1.75 bits per heavy atom. The van der Waals surface area contributed by atoms with E-state index in [2.05, 4.69) is 19.2 Å². The normalized spacial score (nSPS) is 9.06. The van der Waals surface area contributed by atoms with Crippen LogP contribution in [-0.2, 0) is 0 Å². The van der Waals surface area contributed by atoms with Gasteiger partial charge in [0.2, 0.25) is 0 Å². The molecule has 3 nitrogen and oxygen atoms in total. The molecule has 5 heteroatoms. The van der Waals surface area contributed by atoms with Crippen molar-refractivity contribution in [2.75, 3.05) is 24.3 Å². The first-order valence-electron chi connectivity index (χ1n) is 4.77. The molecule has 0 saturated heterocycles. The highest BCUT2D eigenvalue weighted by molar-refractivity contribution is 5.85. The lowest BCUT2D eigenvalue weighted by Gasteiger charge is -2.17. The molecule has 0 aromatic heterocycles. The van der Waals surface area contributed by atoms with Crippen LogP contribution >= 0.6 is 24.8 Å². The smallest absolute Gasteiger partial charge is 0.139 e. The summed E-state index contributed by atoms with van der Waals surface area (Å²) in [5, 5.41) is 12.9. The van der Waals surface area contributed by atoms with E-state index < -0.39 is 0 Å². The number of hydrogen-bond acceptors (Lipinski definition) is 3. The van der Waals surface area contributed by atoms with E-state index in [-0.39, 0.29) is 24.8 Å². The topological polar surface area (TPSA) is 35.5 Å². The number of benzene rings is 1. The minimum Gasteiger partial charge on any atom is -0.506 e. The summed E-state index contributed by atoms with van der Waals surface area (Å²) in [6.45, 7) is 4.17. The van der Waals surface area contributed by atoms with Crippen LogP contribution < -0.4 is 10.2 Å². The molecule has 1 aromatic rings. The van der Waals surface area contributed by atoms with Gasteiger partial charge < -0.3 is 15.3 Å². The van der Waals surface area contributed by atoms with Gasteiger partial charge in [-0.05, 0) is 32.0 Å². The van der Waals surface area contributed by atoms with Crippen molar-refractivity contribution in [3.05, 3.63) is 18.2 Å². The molecule has 16 heavy (non-hydrogen) atoms. The number of hydrogen-bond donors (Lipinski definition) is 2. The molecule has 0 bridgehead atoms. The molecule has 0 atom stereocenters. The van der Waals surface area contributed by atoms with Gasteiger partial charge in [-0.2, -0.15) is 0 Å². The van der Waals surface area contributed by atoms with E-state index in [0.29, 0.717) is 11.8 Å². The fourth-order valence-electron chi connectivity index (χ4n) is 1.30. The Kier molecular flexibility index (Phi) is 8.21. The summed E-state index contributed by atoms with van der Waals surface area (Å²) in [5.74, 6) is 0.310. The summed E-state index contributed by atoms with van der Waals surface area (Å²) in [7, 11) is 3.82. The largest absolute Gasteiger partial charge is 0.506 e. The number of phenols is 1. The molecular weight excluding hydrogens is 247 g/mol. The molecular formula is C11H20Cl2N2O. The highest BCUT2D eigenvalue weighted by Crippen LogP contribution is 2.28. The standard InChI is InChI=1S/C11H18N2O.2ClH/c1-8(2)12-9-5-6-11(14)10(7-9)13(3)4;;/h5-8,12,14H,1-4H3;2*1H. The average molecular weight is 267 g/mol. The Hall–Kier alpha value is -0.800. The second-order valence-corrected chi connectivity index (χ2v) is 3.90. The summed E-state index contributed by atoms with van der Waals surface area (Å²) in [6.07, 6.45) is 0. The quantitative estimate of drug-likeness (QED) is 0.826. The maximum atomic E-state index is 9.57. The van der Waals surface area contributed by atoms with E-state index in [1.165, 1.54) is 0 Å². The molecule has 0 heterocycles. The van der Waals surface area contributed by atoms with Crippen molar-refractivity contribution in [2.24, 2.45) is 0 Å². The lowest BCUT2D eigenvalue weighted by molar-refractivity contribution is 0.476. The van der Waals surface area contributed by atoms with Crippen molar-refractivity contribution >= 4 is 36.2 Å². The molecule has 0 aliphatic carbocycles. The summed E-state index contributed by atoms with van der Waals surface area (Å²) in [6, 6.07) is 5.92. The van der Waals surface area contributed by atoms with Gasteiger partial charge in [0.1, 0.15) is 5.75 Å². The summed E-state index contributed by atoms with van der Waals surface area (Å²) in [5.41, 5.74) is 1.86. The summed E-state index contributed by atoms with van der Waals surface area (Å²) >= 11 is 0. The number of rotatable bonds is 3. The zero-order chi connectivity index (χ0) is 10.7. The molecule has 94 valence electrons. The molecule has 1 aromatic carbocycles. The van der Waals surface area contributed by atoms with Crippen LogP contribution in [0, 0.1) is 0 Å². The maximum Gasteiger partial charge on any atom is 0.139 e. The van der Waals surface area contributed by atoms with Gasteiger partial charge in [0.25, 0.3) is 0 Å². The van der Waals surface area contributed by atoms with E-state index in [4.69, 9.17) is 0 Å². The van der Waals surface area contributed by atoms with Gasteiger partial charge in [-0.3, -0.25) is 0 Å². The van der Waals surface area contributed by atoms with Crippen LogP contribution in [0.5, 0.6) is 5.75 Å². The number of aromatic hydroxyl groups is 1. The molecule has 0 aliphatic rings. The van der Waals surface area contributed by atoms with Crippen molar-refractivity contribution in [2.45, 2.75) is 19.9 Å². The second-order valence-electron chi connectivity index (χ2n) is 3.90. The first-order valence-corrected chi connectivity index (χ1v) is 4.77. The third-order valence-electron chi connectivity index (χ3n) is 1.91. The molecule has 0 amide bonds. The van der Waals surface area contributed by atoms with Crippen LogP contribution in [0.15, 0.2) is 18.2 Å². The van der Waals surface area contributed by atoms with Crippen LogP contribution in [0.4, 0.5) is 11.4 Å². The Labute approximate surface area is 110 Å². The first kappa shape index (κ1) is 17.6. The van der Waals surface area contributed by atoms with Gasteiger partial charge in [0.05, 0.1) is 5.69 Å². The number of phenolic OH excluding ortho intramolecular Hbond substituents is 1. The zero-order valence-electron chi connectivity index (χ0n) is 10.0. The van der Waals surface area contributed by atoms with E-state index in [1.54, 1.807) is 6.07 Å². The van der Waals surface area contributed by atoms with Gasteiger partial charge in [-0.25, -0.2) is 0 Å². The first-order chi connectivity index (χ1) is 6.50. The molecule has 1 rings (SSSR count). The van der Waals surface area contributed by atoms with Crippen LogP contribution in [0.3, 0.4) is 0 Å². The van der Waals surface area contributed by atoms with Crippen LogP contribution in [0.25, 0.3) is 0 Å². The van der Waals surface area contributed by atoms with Crippen molar-refractivity contribution in [1.82, 2.24) is 0 Å². The third-order valence-corrected chi connectivity index (χ3v) is 1.91. The second kappa shape index (κ2) is 7.47. The zero-order valence-corrected chi connectivity index (χ0v) is 11.7. The number of anilines is 2. The molecule has 0 saturated carbocycles. The van der Waals surface area contributed by atoms with Gasteiger partial charge in [-0.1, -0.05) is 0 Å². The highest BCUT2D eigenvalue weighted by Gasteiger charge is 2.04. The Morgan fingerprint density at radius 1 is 1.19 bits per heavy atom. The van der Waals surface area contributed by atoms with Crippen LogP contribution in [-0.4, -0.2) is 25.2 Å². The predicted octanol–water partition coefficient (Wildman–Crippen LogP) is 3.12.